The minimum atomic E-state index is 0.544. The van der Waals surface area contributed by atoms with Crippen molar-refractivity contribution < 1.29 is 0 Å². The highest BCUT2D eigenvalue weighted by Crippen LogP contribution is 2.36. The van der Waals surface area contributed by atoms with E-state index in [0.29, 0.717) is 11.5 Å². The van der Waals surface area contributed by atoms with Crippen molar-refractivity contribution in [2.24, 2.45) is 5.41 Å². The zero-order valence-electron chi connectivity index (χ0n) is 11.0. The van der Waals surface area contributed by atoms with Gasteiger partial charge in [-0.25, -0.2) is 0 Å². The predicted octanol–water partition coefficient (Wildman–Crippen LogP) is 5.14. The van der Waals surface area contributed by atoms with E-state index in [9.17, 15) is 0 Å². The van der Waals surface area contributed by atoms with Crippen molar-refractivity contribution >= 4 is 21.6 Å². The largest absolute Gasteiger partial charge is 0.381 e. The van der Waals surface area contributed by atoms with Crippen LogP contribution in [-0.2, 0) is 0 Å². The summed E-state index contributed by atoms with van der Waals surface area (Å²) in [4.78, 5) is 0. The monoisotopic (exact) mass is 295 g/mol. The lowest BCUT2D eigenvalue weighted by Gasteiger charge is -2.35. The summed E-state index contributed by atoms with van der Waals surface area (Å²) in [5.41, 5.74) is 3.08. The fourth-order valence-corrected chi connectivity index (χ4v) is 3.11. The molecule has 0 amide bonds. The average molecular weight is 296 g/mol. The summed E-state index contributed by atoms with van der Waals surface area (Å²) in [6.45, 7) is 6.88. The van der Waals surface area contributed by atoms with E-state index in [4.69, 9.17) is 0 Å². The highest BCUT2D eigenvalue weighted by molar-refractivity contribution is 9.10. The van der Waals surface area contributed by atoms with Gasteiger partial charge >= 0.3 is 0 Å². The second-order valence-electron chi connectivity index (χ2n) is 6.07. The highest BCUT2D eigenvalue weighted by Gasteiger charge is 2.26. The minimum Gasteiger partial charge on any atom is -0.381 e. The van der Waals surface area contributed by atoms with E-state index in [-0.39, 0.29) is 0 Å². The Labute approximate surface area is 113 Å². The van der Waals surface area contributed by atoms with E-state index < -0.39 is 0 Å². The first-order chi connectivity index (χ1) is 7.96. The van der Waals surface area contributed by atoms with E-state index in [1.165, 1.54) is 41.4 Å². The van der Waals surface area contributed by atoms with Gasteiger partial charge in [0.25, 0.3) is 0 Å². The summed E-state index contributed by atoms with van der Waals surface area (Å²) in [7, 11) is 0. The van der Waals surface area contributed by atoms with Crippen LogP contribution in [0.3, 0.4) is 0 Å². The molecular weight excluding hydrogens is 274 g/mol. The topological polar surface area (TPSA) is 12.0 Å². The third kappa shape index (κ3) is 3.48. The lowest BCUT2D eigenvalue weighted by Crippen LogP contribution is -2.29. The molecule has 0 heterocycles. The Kier molecular flexibility index (Phi) is 3.82. The molecular formula is C15H22BrN. The maximum atomic E-state index is 3.67. The van der Waals surface area contributed by atoms with Crippen LogP contribution in [0.2, 0.25) is 0 Å². The van der Waals surface area contributed by atoms with Gasteiger partial charge in [0, 0.05) is 16.2 Å². The quantitative estimate of drug-likeness (QED) is 0.797. The standard InChI is InChI=1S/C15H22BrN/c1-11-4-5-14(13(16)10-11)17-12-6-8-15(2,3)9-7-12/h4-5,10,12,17H,6-9H2,1-3H3. The van der Waals surface area contributed by atoms with Gasteiger partial charge in [0.15, 0.2) is 0 Å². The lowest BCUT2D eigenvalue weighted by atomic mass is 9.75. The lowest BCUT2D eigenvalue weighted by molar-refractivity contribution is 0.232. The summed E-state index contributed by atoms with van der Waals surface area (Å²) in [5.74, 6) is 0. The number of nitrogens with one attached hydrogen (secondary N) is 1. The van der Waals surface area contributed by atoms with Crippen LogP contribution in [0.1, 0.15) is 45.1 Å². The number of rotatable bonds is 2. The Bertz CT molecular complexity index is 388. The molecule has 0 aromatic heterocycles. The van der Waals surface area contributed by atoms with Crippen molar-refractivity contribution in [2.75, 3.05) is 5.32 Å². The summed E-state index contributed by atoms with van der Waals surface area (Å²) in [6.07, 6.45) is 5.23. The van der Waals surface area contributed by atoms with Crippen LogP contribution in [0.15, 0.2) is 22.7 Å². The number of benzene rings is 1. The van der Waals surface area contributed by atoms with Crippen LogP contribution in [0.25, 0.3) is 0 Å². The molecule has 2 heteroatoms. The third-order valence-electron chi connectivity index (χ3n) is 3.82. The Morgan fingerprint density at radius 3 is 2.47 bits per heavy atom. The zero-order valence-corrected chi connectivity index (χ0v) is 12.6. The van der Waals surface area contributed by atoms with Crippen molar-refractivity contribution in [1.29, 1.82) is 0 Å². The fourth-order valence-electron chi connectivity index (χ4n) is 2.50. The molecule has 1 nitrogen and oxygen atoms in total. The van der Waals surface area contributed by atoms with Crippen molar-refractivity contribution in [2.45, 2.75) is 52.5 Å². The van der Waals surface area contributed by atoms with Gasteiger partial charge in [-0.3, -0.25) is 0 Å². The van der Waals surface area contributed by atoms with Gasteiger partial charge in [-0.2, -0.15) is 0 Å². The average Bonchev–Trinajstić information content (AvgIpc) is 2.25. The molecule has 1 fully saturated rings. The smallest absolute Gasteiger partial charge is 0.0486 e. The molecule has 2 rings (SSSR count). The first-order valence-corrected chi connectivity index (χ1v) is 7.28. The van der Waals surface area contributed by atoms with Gasteiger partial charge in [-0.1, -0.05) is 19.9 Å². The molecule has 1 N–H and O–H groups in total. The molecule has 1 aliphatic carbocycles. The molecule has 0 saturated heterocycles. The minimum absolute atomic E-state index is 0.544. The summed E-state index contributed by atoms with van der Waals surface area (Å²) >= 11 is 3.63. The molecule has 0 radical (unpaired) electrons. The molecule has 1 aliphatic rings. The van der Waals surface area contributed by atoms with Gasteiger partial charge in [-0.15, -0.1) is 0 Å². The van der Waals surface area contributed by atoms with E-state index in [0.717, 1.165) is 0 Å². The molecule has 17 heavy (non-hydrogen) atoms. The first-order valence-electron chi connectivity index (χ1n) is 6.49. The predicted molar refractivity (Wildman–Crippen MR) is 78.5 cm³/mol. The molecule has 1 aromatic rings. The Hall–Kier alpha value is -0.500. The first kappa shape index (κ1) is 12.9. The molecule has 1 saturated carbocycles. The molecule has 1 aromatic carbocycles. The van der Waals surface area contributed by atoms with E-state index in [2.05, 4.69) is 60.2 Å². The van der Waals surface area contributed by atoms with Crippen molar-refractivity contribution in [3.05, 3.63) is 28.2 Å². The SMILES string of the molecule is Cc1ccc(NC2CCC(C)(C)CC2)c(Br)c1. The number of aryl methyl sites for hydroxylation is 1. The number of halogens is 1. The van der Waals surface area contributed by atoms with Gasteiger partial charge in [0.05, 0.1) is 0 Å². The van der Waals surface area contributed by atoms with Crippen LogP contribution in [0.5, 0.6) is 0 Å². The zero-order chi connectivity index (χ0) is 12.5. The summed E-state index contributed by atoms with van der Waals surface area (Å²) in [5, 5.41) is 3.67. The van der Waals surface area contributed by atoms with Crippen LogP contribution in [0, 0.1) is 12.3 Å². The molecule has 94 valence electrons. The number of anilines is 1. The molecule has 0 aliphatic heterocycles. The van der Waals surface area contributed by atoms with Crippen molar-refractivity contribution in [3.63, 3.8) is 0 Å². The second kappa shape index (κ2) is 5.01. The third-order valence-corrected chi connectivity index (χ3v) is 4.48. The van der Waals surface area contributed by atoms with Crippen molar-refractivity contribution in [3.8, 4) is 0 Å². The fraction of sp³-hybridized carbons (Fsp3) is 0.600. The van der Waals surface area contributed by atoms with E-state index >= 15 is 0 Å². The normalized spacial score (nSPS) is 20.2. The Balaban J connectivity index is 1.98. The van der Waals surface area contributed by atoms with Gasteiger partial charge < -0.3 is 5.32 Å². The second-order valence-corrected chi connectivity index (χ2v) is 6.92. The van der Waals surface area contributed by atoms with Gasteiger partial charge in [0.1, 0.15) is 0 Å². The Morgan fingerprint density at radius 2 is 1.88 bits per heavy atom. The maximum absolute atomic E-state index is 3.67. The van der Waals surface area contributed by atoms with Crippen LogP contribution < -0.4 is 5.32 Å². The molecule has 0 spiro atoms. The summed E-state index contributed by atoms with van der Waals surface area (Å²) < 4.78 is 1.18. The van der Waals surface area contributed by atoms with Crippen LogP contribution >= 0.6 is 15.9 Å². The van der Waals surface area contributed by atoms with Crippen LogP contribution in [0.4, 0.5) is 5.69 Å². The molecule has 0 unspecified atom stereocenters. The molecule has 0 atom stereocenters. The number of hydrogen-bond acceptors (Lipinski definition) is 1. The number of hydrogen-bond donors (Lipinski definition) is 1. The van der Waals surface area contributed by atoms with Gasteiger partial charge in [0.2, 0.25) is 0 Å². The molecule has 0 bridgehead atoms. The Morgan fingerprint density at radius 1 is 1.24 bits per heavy atom. The maximum Gasteiger partial charge on any atom is 0.0486 e. The van der Waals surface area contributed by atoms with Crippen LogP contribution in [-0.4, -0.2) is 6.04 Å². The summed E-state index contributed by atoms with van der Waals surface area (Å²) in [6, 6.07) is 7.16. The van der Waals surface area contributed by atoms with Crippen molar-refractivity contribution in [1.82, 2.24) is 0 Å². The van der Waals surface area contributed by atoms with Gasteiger partial charge in [-0.05, 0) is 71.6 Å². The highest BCUT2D eigenvalue weighted by atomic mass is 79.9. The van der Waals surface area contributed by atoms with E-state index in [1.54, 1.807) is 0 Å². The van der Waals surface area contributed by atoms with E-state index in [1.807, 2.05) is 0 Å².